The molecule has 0 atom stereocenters. The fourth-order valence-corrected chi connectivity index (χ4v) is 1.25. The highest BCUT2D eigenvalue weighted by Gasteiger charge is 2.28. The minimum absolute atomic E-state index is 0.197. The van der Waals surface area contributed by atoms with Crippen LogP contribution in [-0.2, 0) is 4.74 Å². The molecule has 0 saturated carbocycles. The first-order chi connectivity index (χ1) is 6.56. The van der Waals surface area contributed by atoms with Gasteiger partial charge in [-0.15, -0.1) is 13.2 Å². The summed E-state index contributed by atoms with van der Waals surface area (Å²) in [6.07, 6.45) is 2.63. The summed E-state index contributed by atoms with van der Waals surface area (Å²) in [5, 5.41) is 0. The Morgan fingerprint density at radius 2 is 1.36 bits per heavy atom. The van der Waals surface area contributed by atoms with Crippen molar-refractivity contribution in [1.82, 2.24) is 0 Å². The normalized spacial score (nSPS) is 12.0. The van der Waals surface area contributed by atoms with E-state index in [1.807, 2.05) is 0 Å². The van der Waals surface area contributed by atoms with Crippen molar-refractivity contribution in [2.45, 2.75) is 58.2 Å². The Hall–Kier alpha value is -0.250. The van der Waals surface area contributed by atoms with Crippen LogP contribution in [0.15, 0.2) is 0 Å². The van der Waals surface area contributed by atoms with E-state index in [0.717, 1.165) is 19.3 Å². The predicted molar refractivity (Wildman–Crippen MR) is 50.0 cm³/mol. The molecular weight excluding hydrogens is 193 g/mol. The smallest absolute Gasteiger partial charge is 0.292 e. The molecule has 86 valence electrons. The van der Waals surface area contributed by atoms with Gasteiger partial charge in [0.25, 0.3) is 0 Å². The van der Waals surface area contributed by atoms with Crippen molar-refractivity contribution < 1.29 is 17.9 Å². The molecule has 0 unspecified atom stereocenters. The Kier molecular flexibility index (Phi) is 7.95. The summed E-state index contributed by atoms with van der Waals surface area (Å²) in [4.78, 5) is 0. The Balaban J connectivity index is 2.99. The molecule has 0 amide bonds. The van der Waals surface area contributed by atoms with Crippen LogP contribution in [0.4, 0.5) is 13.2 Å². The Labute approximate surface area is 83.6 Å². The topological polar surface area (TPSA) is 9.23 Å². The summed E-state index contributed by atoms with van der Waals surface area (Å²) in [6.45, 7) is 1.94. The lowest BCUT2D eigenvalue weighted by Gasteiger charge is -2.06. The molecule has 0 aromatic rings. The second-order valence-electron chi connectivity index (χ2n) is 3.42. The molecule has 0 aliphatic rings. The zero-order chi connectivity index (χ0) is 10.9. The van der Waals surface area contributed by atoms with E-state index in [-0.39, 0.29) is 6.61 Å². The van der Waals surface area contributed by atoms with E-state index in [9.17, 15) is 13.2 Å². The van der Waals surface area contributed by atoms with Gasteiger partial charge in [0, 0.05) is 0 Å². The number of halogens is 3. The predicted octanol–water partition coefficient (Wildman–Crippen LogP) is 4.27. The number of hydrogen-bond donors (Lipinski definition) is 0. The number of ether oxygens (including phenoxy) is 1. The zero-order valence-corrected chi connectivity index (χ0v) is 8.70. The van der Waals surface area contributed by atoms with Gasteiger partial charge in [-0.2, -0.15) is 0 Å². The zero-order valence-electron chi connectivity index (χ0n) is 8.70. The summed E-state index contributed by atoms with van der Waals surface area (Å²) >= 11 is 0. The molecule has 0 heterocycles. The minimum atomic E-state index is -4.46. The van der Waals surface area contributed by atoms with Gasteiger partial charge in [-0.1, -0.05) is 45.4 Å². The van der Waals surface area contributed by atoms with Crippen LogP contribution in [0.1, 0.15) is 51.9 Å². The second-order valence-corrected chi connectivity index (χ2v) is 3.42. The third-order valence-corrected chi connectivity index (χ3v) is 2.01. The standard InChI is InChI=1S/C10H19F3O/c1-2-3-4-5-6-7-8-9-14-10(11,12)13/h2-9H2,1H3. The summed E-state index contributed by atoms with van der Waals surface area (Å²) < 4.78 is 38.2. The molecule has 0 aromatic heterocycles. The summed E-state index contributed by atoms with van der Waals surface area (Å²) in [5.74, 6) is 0. The third-order valence-electron chi connectivity index (χ3n) is 2.01. The van der Waals surface area contributed by atoms with Gasteiger partial charge in [0.1, 0.15) is 0 Å². The first kappa shape index (κ1) is 13.8. The quantitative estimate of drug-likeness (QED) is 0.546. The minimum Gasteiger partial charge on any atom is -0.292 e. The Morgan fingerprint density at radius 3 is 1.86 bits per heavy atom. The highest BCUT2D eigenvalue weighted by Crippen LogP contribution is 2.17. The van der Waals surface area contributed by atoms with Gasteiger partial charge in [0.2, 0.25) is 0 Å². The summed E-state index contributed by atoms with van der Waals surface area (Å²) in [6, 6.07) is 0. The fraction of sp³-hybridized carbons (Fsp3) is 1.00. The van der Waals surface area contributed by atoms with Crippen molar-refractivity contribution in [3.8, 4) is 0 Å². The van der Waals surface area contributed by atoms with E-state index in [1.54, 1.807) is 0 Å². The van der Waals surface area contributed by atoms with E-state index in [1.165, 1.54) is 19.3 Å². The van der Waals surface area contributed by atoms with Gasteiger partial charge >= 0.3 is 6.36 Å². The lowest BCUT2D eigenvalue weighted by molar-refractivity contribution is -0.324. The molecule has 14 heavy (non-hydrogen) atoms. The lowest BCUT2D eigenvalue weighted by atomic mass is 10.1. The highest BCUT2D eigenvalue weighted by molar-refractivity contribution is 4.44. The van der Waals surface area contributed by atoms with Crippen molar-refractivity contribution in [2.24, 2.45) is 0 Å². The number of hydrogen-bond acceptors (Lipinski definition) is 1. The van der Waals surface area contributed by atoms with Gasteiger partial charge in [-0.05, 0) is 6.42 Å². The summed E-state index contributed by atoms with van der Waals surface area (Å²) in [5.41, 5.74) is 0. The van der Waals surface area contributed by atoms with Crippen LogP contribution >= 0.6 is 0 Å². The van der Waals surface area contributed by atoms with E-state index < -0.39 is 6.36 Å². The third kappa shape index (κ3) is 11.8. The Morgan fingerprint density at radius 1 is 0.857 bits per heavy atom. The van der Waals surface area contributed by atoms with Gasteiger partial charge in [-0.3, -0.25) is 4.74 Å². The molecule has 0 N–H and O–H groups in total. The first-order valence-electron chi connectivity index (χ1n) is 5.27. The van der Waals surface area contributed by atoms with Crippen molar-refractivity contribution in [2.75, 3.05) is 6.61 Å². The molecule has 0 radical (unpaired) electrons. The SMILES string of the molecule is CCCCCCCCCOC(F)(F)F. The monoisotopic (exact) mass is 212 g/mol. The van der Waals surface area contributed by atoms with E-state index in [4.69, 9.17) is 0 Å². The molecule has 0 saturated heterocycles. The molecule has 0 spiro atoms. The number of rotatable bonds is 8. The van der Waals surface area contributed by atoms with Crippen LogP contribution in [0.5, 0.6) is 0 Å². The maximum absolute atomic E-state index is 11.5. The van der Waals surface area contributed by atoms with Crippen molar-refractivity contribution in [3.63, 3.8) is 0 Å². The van der Waals surface area contributed by atoms with Crippen LogP contribution < -0.4 is 0 Å². The van der Waals surface area contributed by atoms with Crippen LogP contribution in [-0.4, -0.2) is 13.0 Å². The maximum Gasteiger partial charge on any atom is 0.522 e. The summed E-state index contributed by atoms with van der Waals surface area (Å²) in [7, 11) is 0. The van der Waals surface area contributed by atoms with Crippen LogP contribution in [0, 0.1) is 0 Å². The average Bonchev–Trinajstić information content (AvgIpc) is 2.08. The second kappa shape index (κ2) is 8.09. The molecule has 0 aliphatic heterocycles. The molecule has 0 bridgehead atoms. The fourth-order valence-electron chi connectivity index (χ4n) is 1.25. The molecule has 4 heteroatoms. The largest absolute Gasteiger partial charge is 0.522 e. The highest BCUT2D eigenvalue weighted by atomic mass is 19.4. The molecule has 1 nitrogen and oxygen atoms in total. The van der Waals surface area contributed by atoms with E-state index in [2.05, 4.69) is 11.7 Å². The van der Waals surface area contributed by atoms with Crippen molar-refractivity contribution in [3.05, 3.63) is 0 Å². The van der Waals surface area contributed by atoms with E-state index >= 15 is 0 Å². The van der Waals surface area contributed by atoms with Gasteiger partial charge < -0.3 is 0 Å². The molecule has 0 fully saturated rings. The van der Waals surface area contributed by atoms with Gasteiger partial charge in [0.05, 0.1) is 6.61 Å². The first-order valence-corrected chi connectivity index (χ1v) is 5.27. The lowest BCUT2D eigenvalue weighted by Crippen LogP contribution is -2.13. The number of unbranched alkanes of at least 4 members (excludes halogenated alkanes) is 6. The Bertz CT molecular complexity index is 123. The van der Waals surface area contributed by atoms with Gasteiger partial charge in [0.15, 0.2) is 0 Å². The van der Waals surface area contributed by atoms with Crippen LogP contribution in [0.25, 0.3) is 0 Å². The van der Waals surface area contributed by atoms with Crippen molar-refractivity contribution >= 4 is 0 Å². The van der Waals surface area contributed by atoms with Gasteiger partial charge in [-0.25, -0.2) is 0 Å². The maximum atomic E-state index is 11.5. The molecule has 0 rings (SSSR count). The van der Waals surface area contributed by atoms with Crippen LogP contribution in [0.2, 0.25) is 0 Å². The van der Waals surface area contributed by atoms with E-state index in [0.29, 0.717) is 6.42 Å². The van der Waals surface area contributed by atoms with Crippen LogP contribution in [0.3, 0.4) is 0 Å². The van der Waals surface area contributed by atoms with Crippen molar-refractivity contribution in [1.29, 1.82) is 0 Å². The molecule has 0 aromatic carbocycles. The number of alkyl halides is 3. The average molecular weight is 212 g/mol. The molecular formula is C10H19F3O. The molecule has 0 aliphatic carbocycles.